The Hall–Kier alpha value is -0.650. The van der Waals surface area contributed by atoms with Crippen LogP contribution >= 0.6 is 0 Å². The van der Waals surface area contributed by atoms with Crippen molar-refractivity contribution in [3.05, 3.63) is 0 Å². The minimum absolute atomic E-state index is 0.0674. The molecule has 0 spiro atoms. The van der Waals surface area contributed by atoms with Crippen molar-refractivity contribution in [2.45, 2.75) is 44.6 Å². The summed E-state index contributed by atoms with van der Waals surface area (Å²) >= 11 is 0. The van der Waals surface area contributed by atoms with Gasteiger partial charge in [0, 0.05) is 26.8 Å². The van der Waals surface area contributed by atoms with Crippen LogP contribution in [0.5, 0.6) is 0 Å². The minimum Gasteiger partial charge on any atom is -0.385 e. The van der Waals surface area contributed by atoms with Crippen LogP contribution in [0.2, 0.25) is 0 Å². The Balaban J connectivity index is 2.26. The van der Waals surface area contributed by atoms with Gasteiger partial charge in [-0.25, -0.2) is 0 Å². The predicted molar refractivity (Wildman–Crippen MR) is 74.9 cm³/mol. The van der Waals surface area contributed by atoms with Crippen LogP contribution in [-0.2, 0) is 14.3 Å². The van der Waals surface area contributed by atoms with Crippen molar-refractivity contribution in [2.24, 2.45) is 11.7 Å². The molecule has 0 bridgehead atoms. The van der Waals surface area contributed by atoms with Gasteiger partial charge in [0.2, 0.25) is 5.91 Å². The third-order valence-electron chi connectivity index (χ3n) is 3.78. The molecule has 0 saturated heterocycles. The lowest BCUT2D eigenvalue weighted by molar-refractivity contribution is -0.136. The lowest BCUT2D eigenvalue weighted by atomic mass is 9.79. The molecule has 2 atom stereocenters. The number of nitrogens with two attached hydrogens (primary N) is 1. The Morgan fingerprint density at radius 2 is 2.32 bits per heavy atom. The van der Waals surface area contributed by atoms with E-state index in [1.54, 1.807) is 7.11 Å². The number of carbonyl (C=O) groups excluding carboxylic acids is 1. The second kappa shape index (κ2) is 8.51. The Morgan fingerprint density at radius 3 is 2.95 bits per heavy atom. The molecule has 0 aliphatic heterocycles. The number of nitrogens with one attached hydrogen (secondary N) is 1. The maximum atomic E-state index is 11.7. The molecule has 1 saturated carbocycles. The van der Waals surface area contributed by atoms with Crippen molar-refractivity contribution < 1.29 is 14.3 Å². The summed E-state index contributed by atoms with van der Waals surface area (Å²) in [5.41, 5.74) is 5.56. The third-order valence-corrected chi connectivity index (χ3v) is 3.78. The van der Waals surface area contributed by atoms with Crippen LogP contribution in [0.1, 0.15) is 39.0 Å². The van der Waals surface area contributed by atoms with Crippen molar-refractivity contribution in [1.82, 2.24) is 5.32 Å². The van der Waals surface area contributed by atoms with Gasteiger partial charge in [-0.1, -0.05) is 19.8 Å². The summed E-state index contributed by atoms with van der Waals surface area (Å²) < 4.78 is 10.8. The number of hydrogen-bond acceptors (Lipinski definition) is 4. The predicted octanol–water partition coefficient (Wildman–Crippen LogP) is 1.06. The van der Waals surface area contributed by atoms with Crippen LogP contribution in [-0.4, -0.2) is 44.9 Å². The molecule has 0 aromatic heterocycles. The van der Waals surface area contributed by atoms with Crippen LogP contribution in [0, 0.1) is 5.92 Å². The monoisotopic (exact) mass is 272 g/mol. The minimum atomic E-state index is -0.290. The topological polar surface area (TPSA) is 73.6 Å². The highest BCUT2D eigenvalue weighted by atomic mass is 16.5. The molecule has 0 radical (unpaired) electrons. The maximum absolute atomic E-state index is 11.7. The first kappa shape index (κ1) is 16.4. The second-order valence-corrected chi connectivity index (χ2v) is 5.57. The van der Waals surface area contributed by atoms with Crippen LogP contribution < -0.4 is 11.1 Å². The van der Waals surface area contributed by atoms with E-state index in [9.17, 15) is 4.79 Å². The Kier molecular flexibility index (Phi) is 7.34. The molecule has 0 aromatic rings. The molecule has 1 amide bonds. The highest BCUT2D eigenvalue weighted by Crippen LogP contribution is 2.34. The SMILES string of the molecule is COCCCNC(=O)COC1(CN)CCCC(C)C1. The summed E-state index contributed by atoms with van der Waals surface area (Å²) in [6.45, 7) is 4.11. The average molecular weight is 272 g/mol. The number of amides is 1. The van der Waals surface area contributed by atoms with Crippen molar-refractivity contribution in [3.63, 3.8) is 0 Å². The molecule has 0 heterocycles. The molecule has 112 valence electrons. The summed E-state index contributed by atoms with van der Waals surface area (Å²) in [4.78, 5) is 11.7. The fourth-order valence-corrected chi connectivity index (χ4v) is 2.70. The molecule has 1 aliphatic rings. The molecule has 2 unspecified atom stereocenters. The van der Waals surface area contributed by atoms with E-state index in [-0.39, 0.29) is 18.1 Å². The van der Waals surface area contributed by atoms with Gasteiger partial charge in [-0.15, -0.1) is 0 Å². The number of carbonyl (C=O) groups is 1. The number of methoxy groups -OCH3 is 1. The fraction of sp³-hybridized carbons (Fsp3) is 0.929. The first-order valence-electron chi connectivity index (χ1n) is 7.21. The van der Waals surface area contributed by atoms with E-state index in [1.807, 2.05) is 0 Å². The van der Waals surface area contributed by atoms with Crippen molar-refractivity contribution in [3.8, 4) is 0 Å². The van der Waals surface area contributed by atoms with E-state index in [1.165, 1.54) is 6.42 Å². The Bertz CT molecular complexity index is 273. The highest BCUT2D eigenvalue weighted by Gasteiger charge is 2.35. The lowest BCUT2D eigenvalue weighted by Gasteiger charge is -2.38. The summed E-state index contributed by atoms with van der Waals surface area (Å²) in [6.07, 6.45) is 5.11. The van der Waals surface area contributed by atoms with Gasteiger partial charge < -0.3 is 20.5 Å². The van der Waals surface area contributed by atoms with Gasteiger partial charge in [-0.3, -0.25) is 4.79 Å². The lowest BCUT2D eigenvalue weighted by Crippen LogP contribution is -2.46. The van der Waals surface area contributed by atoms with Crippen LogP contribution in [0.15, 0.2) is 0 Å². The first-order valence-corrected chi connectivity index (χ1v) is 7.21. The zero-order valence-electron chi connectivity index (χ0n) is 12.2. The van der Waals surface area contributed by atoms with Crippen LogP contribution in [0.4, 0.5) is 0 Å². The molecular formula is C14H28N2O3. The van der Waals surface area contributed by atoms with Gasteiger partial charge in [-0.2, -0.15) is 0 Å². The van der Waals surface area contributed by atoms with Gasteiger partial charge in [0.1, 0.15) is 6.61 Å². The van der Waals surface area contributed by atoms with E-state index < -0.39 is 0 Å². The molecular weight excluding hydrogens is 244 g/mol. The van der Waals surface area contributed by atoms with Crippen LogP contribution in [0.3, 0.4) is 0 Å². The summed E-state index contributed by atoms with van der Waals surface area (Å²) in [5, 5.41) is 2.82. The Labute approximate surface area is 116 Å². The van der Waals surface area contributed by atoms with E-state index in [0.717, 1.165) is 25.7 Å². The summed E-state index contributed by atoms with van der Waals surface area (Å²) in [5.74, 6) is 0.559. The summed E-state index contributed by atoms with van der Waals surface area (Å²) in [7, 11) is 1.65. The van der Waals surface area contributed by atoms with Crippen molar-refractivity contribution in [2.75, 3.05) is 33.4 Å². The molecule has 3 N–H and O–H groups in total. The fourth-order valence-electron chi connectivity index (χ4n) is 2.70. The van der Waals surface area contributed by atoms with Crippen LogP contribution in [0.25, 0.3) is 0 Å². The Morgan fingerprint density at radius 1 is 1.53 bits per heavy atom. The highest BCUT2D eigenvalue weighted by molar-refractivity contribution is 5.77. The quantitative estimate of drug-likeness (QED) is 0.648. The van der Waals surface area contributed by atoms with Crippen molar-refractivity contribution in [1.29, 1.82) is 0 Å². The molecule has 5 heteroatoms. The molecule has 1 rings (SSSR count). The van der Waals surface area contributed by atoms with Gasteiger partial charge in [0.15, 0.2) is 0 Å². The smallest absolute Gasteiger partial charge is 0.246 e. The third kappa shape index (κ3) is 5.89. The molecule has 0 aromatic carbocycles. The first-order chi connectivity index (χ1) is 9.12. The standard InChI is InChI=1S/C14H28N2O3/c1-12-5-3-6-14(9-12,11-15)19-10-13(17)16-7-4-8-18-2/h12H,3-11,15H2,1-2H3,(H,16,17). The molecule has 1 aliphatic carbocycles. The number of ether oxygens (including phenoxy) is 2. The zero-order valence-corrected chi connectivity index (χ0v) is 12.2. The maximum Gasteiger partial charge on any atom is 0.246 e. The number of hydrogen-bond donors (Lipinski definition) is 2. The average Bonchev–Trinajstić information content (AvgIpc) is 2.41. The van der Waals surface area contributed by atoms with Gasteiger partial charge >= 0.3 is 0 Å². The van der Waals surface area contributed by atoms with E-state index >= 15 is 0 Å². The van der Waals surface area contributed by atoms with Gasteiger partial charge in [-0.05, 0) is 25.2 Å². The van der Waals surface area contributed by atoms with Gasteiger partial charge in [0.25, 0.3) is 0 Å². The second-order valence-electron chi connectivity index (χ2n) is 5.57. The van der Waals surface area contributed by atoms with Crippen molar-refractivity contribution >= 4 is 5.91 Å². The normalized spacial score (nSPS) is 27.2. The molecule has 19 heavy (non-hydrogen) atoms. The molecule has 5 nitrogen and oxygen atoms in total. The summed E-state index contributed by atoms with van der Waals surface area (Å²) in [6, 6.07) is 0. The number of rotatable bonds is 8. The zero-order chi connectivity index (χ0) is 14.1. The van der Waals surface area contributed by atoms with E-state index in [4.69, 9.17) is 15.2 Å². The molecule has 1 fully saturated rings. The largest absolute Gasteiger partial charge is 0.385 e. The van der Waals surface area contributed by atoms with E-state index in [2.05, 4.69) is 12.2 Å². The van der Waals surface area contributed by atoms with Gasteiger partial charge in [0.05, 0.1) is 5.60 Å². The van der Waals surface area contributed by atoms with E-state index in [0.29, 0.717) is 25.6 Å².